The molecule has 0 spiro atoms. The summed E-state index contributed by atoms with van der Waals surface area (Å²) in [7, 11) is 0. The predicted molar refractivity (Wildman–Crippen MR) is 166 cm³/mol. The van der Waals surface area contributed by atoms with E-state index in [0.29, 0.717) is 12.5 Å². The molecular weight excluding hydrogens is 530 g/mol. The second kappa shape index (κ2) is 17.0. The summed E-state index contributed by atoms with van der Waals surface area (Å²) in [5, 5.41) is 6.24. The van der Waals surface area contributed by atoms with E-state index in [1.54, 1.807) is 0 Å². The molecule has 4 aliphatic rings. The summed E-state index contributed by atoms with van der Waals surface area (Å²) >= 11 is 0. The Bertz CT molecular complexity index is 986. The van der Waals surface area contributed by atoms with Crippen LogP contribution < -0.4 is 10.6 Å². The molecule has 0 aliphatic carbocycles. The summed E-state index contributed by atoms with van der Waals surface area (Å²) in [5.41, 5.74) is 1.35. The van der Waals surface area contributed by atoms with Crippen molar-refractivity contribution in [3.63, 3.8) is 0 Å². The zero-order valence-electron chi connectivity index (χ0n) is 26.0. The molecule has 2 N–H and O–H groups in total. The Morgan fingerprint density at radius 3 is 2.52 bits per heavy atom. The number of hydrogen-bond donors (Lipinski definition) is 2. The normalized spacial score (nSPS) is 34.5. The van der Waals surface area contributed by atoms with Crippen LogP contribution in [0.3, 0.4) is 0 Å². The van der Waals surface area contributed by atoms with Crippen LogP contribution in [0, 0.1) is 11.8 Å². The SMILES string of the molecule is CC=C1CC2CC(=O)OC(C=CC=CCCNC(=O)N3CCNCC3)C(C)C=CC(C)CC3CCCC(CC(C1)O2)O3. The molecule has 0 radical (unpaired) electrons. The van der Waals surface area contributed by atoms with Gasteiger partial charge in [0.1, 0.15) is 6.10 Å². The molecule has 8 heteroatoms. The molecule has 234 valence electrons. The van der Waals surface area contributed by atoms with Crippen LogP contribution in [0.1, 0.15) is 78.6 Å². The number of esters is 1. The molecule has 7 atom stereocenters. The van der Waals surface area contributed by atoms with Gasteiger partial charge in [0, 0.05) is 45.1 Å². The Kier molecular flexibility index (Phi) is 13.2. The molecule has 4 heterocycles. The first-order valence-electron chi connectivity index (χ1n) is 16.3. The monoisotopic (exact) mass is 583 g/mol. The van der Waals surface area contributed by atoms with E-state index < -0.39 is 0 Å². The third-order valence-electron chi connectivity index (χ3n) is 8.83. The Balaban J connectivity index is 1.37. The lowest BCUT2D eigenvalue weighted by Gasteiger charge is -2.37. The largest absolute Gasteiger partial charge is 0.457 e. The van der Waals surface area contributed by atoms with Crippen molar-refractivity contribution in [1.82, 2.24) is 15.5 Å². The average molecular weight is 584 g/mol. The van der Waals surface area contributed by atoms with Gasteiger partial charge >= 0.3 is 12.0 Å². The van der Waals surface area contributed by atoms with Gasteiger partial charge in [-0.05, 0) is 63.9 Å². The van der Waals surface area contributed by atoms with E-state index in [1.165, 1.54) is 12.0 Å². The van der Waals surface area contributed by atoms with Crippen LogP contribution in [-0.4, -0.2) is 80.1 Å². The first-order chi connectivity index (χ1) is 20.4. The van der Waals surface area contributed by atoms with Crippen LogP contribution in [-0.2, 0) is 19.0 Å². The highest BCUT2D eigenvalue weighted by atomic mass is 16.5. The number of allylic oxidation sites excluding steroid dienone is 4. The van der Waals surface area contributed by atoms with E-state index in [1.807, 2.05) is 29.2 Å². The van der Waals surface area contributed by atoms with Crippen LogP contribution >= 0.6 is 0 Å². The standard InChI is InChI=1S/C34H53N3O5/c1-4-27-21-30-23-29-11-9-10-28(40-29)20-25(2)13-14-26(3)32(42-33(38)24-31(22-27)41-30)12-7-5-6-8-15-36-34(39)37-18-16-35-17-19-37/h4-7,12-14,25-26,28-32,35H,8-11,15-24H2,1-3H3,(H,36,39). The Morgan fingerprint density at radius 2 is 1.74 bits per heavy atom. The van der Waals surface area contributed by atoms with E-state index >= 15 is 0 Å². The maximum absolute atomic E-state index is 13.2. The molecule has 2 amide bonds. The number of carbonyl (C=O) groups excluding carboxylic acids is 2. The third kappa shape index (κ3) is 10.7. The van der Waals surface area contributed by atoms with Gasteiger partial charge in [-0.25, -0.2) is 4.79 Å². The number of nitrogens with one attached hydrogen (secondary N) is 2. The Hall–Kier alpha value is -2.42. The summed E-state index contributed by atoms with van der Waals surface area (Å²) in [6.45, 7) is 10.2. The van der Waals surface area contributed by atoms with Crippen LogP contribution in [0.25, 0.3) is 0 Å². The van der Waals surface area contributed by atoms with Gasteiger partial charge in [0.25, 0.3) is 0 Å². The molecule has 4 rings (SSSR count). The second-order valence-electron chi connectivity index (χ2n) is 12.5. The number of hydrogen-bond acceptors (Lipinski definition) is 6. The first kappa shape index (κ1) is 32.5. The lowest BCUT2D eigenvalue weighted by Crippen LogP contribution is -2.50. The fourth-order valence-electron chi connectivity index (χ4n) is 6.42. The summed E-state index contributed by atoms with van der Waals surface area (Å²) in [5.74, 6) is 0.184. The van der Waals surface area contributed by atoms with E-state index in [0.717, 1.165) is 71.1 Å². The van der Waals surface area contributed by atoms with Gasteiger partial charge in [-0.3, -0.25) is 4.79 Å². The minimum Gasteiger partial charge on any atom is -0.457 e. The first-order valence-corrected chi connectivity index (χ1v) is 16.3. The van der Waals surface area contributed by atoms with E-state index in [2.05, 4.69) is 49.6 Å². The Labute approximate surface area is 253 Å². The van der Waals surface area contributed by atoms with Crippen molar-refractivity contribution in [3.05, 3.63) is 48.1 Å². The number of ether oxygens (including phenoxy) is 3. The van der Waals surface area contributed by atoms with Crippen molar-refractivity contribution in [1.29, 1.82) is 0 Å². The average Bonchev–Trinajstić information content (AvgIpc) is 2.98. The van der Waals surface area contributed by atoms with Crippen LogP contribution in [0.5, 0.6) is 0 Å². The van der Waals surface area contributed by atoms with Crippen molar-refractivity contribution < 1.29 is 23.8 Å². The van der Waals surface area contributed by atoms with Crippen LogP contribution in [0.15, 0.2) is 48.1 Å². The molecule has 0 aromatic carbocycles. The summed E-state index contributed by atoms with van der Waals surface area (Å²) < 4.78 is 19.1. The quantitative estimate of drug-likeness (QED) is 0.193. The van der Waals surface area contributed by atoms with E-state index in [9.17, 15) is 9.59 Å². The minimum absolute atomic E-state index is 0.00192. The molecule has 0 aromatic rings. The smallest absolute Gasteiger partial charge is 0.317 e. The number of piperazine rings is 1. The Morgan fingerprint density at radius 1 is 1.00 bits per heavy atom. The molecule has 4 aliphatic heterocycles. The molecule has 8 nitrogen and oxygen atoms in total. The van der Waals surface area contributed by atoms with Crippen molar-refractivity contribution in [2.45, 2.75) is 109 Å². The van der Waals surface area contributed by atoms with Gasteiger partial charge < -0.3 is 29.7 Å². The molecule has 7 unspecified atom stereocenters. The van der Waals surface area contributed by atoms with Crippen molar-refractivity contribution >= 4 is 12.0 Å². The van der Waals surface area contributed by atoms with E-state index in [4.69, 9.17) is 14.2 Å². The molecule has 3 fully saturated rings. The molecule has 42 heavy (non-hydrogen) atoms. The topological polar surface area (TPSA) is 89.1 Å². The zero-order valence-corrected chi connectivity index (χ0v) is 26.0. The second-order valence-corrected chi connectivity index (χ2v) is 12.5. The highest BCUT2D eigenvalue weighted by molar-refractivity contribution is 5.74. The highest BCUT2D eigenvalue weighted by Gasteiger charge is 2.32. The lowest BCUT2D eigenvalue weighted by atomic mass is 9.90. The molecule has 0 saturated carbocycles. The van der Waals surface area contributed by atoms with Crippen molar-refractivity contribution in [2.75, 3.05) is 32.7 Å². The molecule has 0 aromatic heterocycles. The summed E-state index contributed by atoms with van der Waals surface area (Å²) in [6.07, 6.45) is 22.5. The zero-order chi connectivity index (χ0) is 29.7. The molecular formula is C34H53N3O5. The van der Waals surface area contributed by atoms with Gasteiger partial charge in [-0.2, -0.15) is 0 Å². The summed E-state index contributed by atoms with van der Waals surface area (Å²) in [4.78, 5) is 27.3. The summed E-state index contributed by atoms with van der Waals surface area (Å²) in [6, 6.07) is -0.00192. The predicted octanol–water partition coefficient (Wildman–Crippen LogP) is 5.46. The van der Waals surface area contributed by atoms with Crippen LogP contribution in [0.4, 0.5) is 4.79 Å². The minimum atomic E-state index is -0.373. The highest BCUT2D eigenvalue weighted by Crippen LogP contribution is 2.33. The van der Waals surface area contributed by atoms with Gasteiger partial charge in [0.15, 0.2) is 0 Å². The number of amides is 2. The number of urea groups is 1. The van der Waals surface area contributed by atoms with Crippen molar-refractivity contribution in [2.24, 2.45) is 11.8 Å². The fourth-order valence-corrected chi connectivity index (χ4v) is 6.42. The fraction of sp³-hybridized carbons (Fsp3) is 0.706. The van der Waals surface area contributed by atoms with E-state index in [-0.39, 0.29) is 54.9 Å². The number of rotatable bonds is 5. The molecule has 3 saturated heterocycles. The van der Waals surface area contributed by atoms with Gasteiger partial charge in [0.05, 0.1) is 30.8 Å². The third-order valence-corrected chi connectivity index (χ3v) is 8.83. The van der Waals surface area contributed by atoms with Gasteiger partial charge in [-0.1, -0.05) is 55.9 Å². The maximum Gasteiger partial charge on any atom is 0.317 e. The maximum atomic E-state index is 13.2. The number of fused-ring (bicyclic) bond motifs is 4. The number of carbonyl (C=O) groups is 2. The van der Waals surface area contributed by atoms with Gasteiger partial charge in [-0.15, -0.1) is 0 Å². The van der Waals surface area contributed by atoms with Crippen molar-refractivity contribution in [3.8, 4) is 0 Å². The number of nitrogens with zero attached hydrogens (tertiary/aromatic N) is 1. The lowest BCUT2D eigenvalue weighted by molar-refractivity contribution is -0.154. The van der Waals surface area contributed by atoms with Crippen LogP contribution in [0.2, 0.25) is 0 Å². The van der Waals surface area contributed by atoms with Gasteiger partial charge in [0.2, 0.25) is 0 Å². The molecule has 4 bridgehead atoms. The number of cyclic esters (lactones) is 1.